The minimum Gasteiger partial charge on any atom is -0.349 e. The normalized spacial score (nSPS) is 18.9. The SMILES string of the molecule is Cl.O=C(NC1CCC(NCCCC2(C(=O)NCC(F)(F)F)c3ccccc3-c3ccccc32)CC1)c1ccccc1. The minimum absolute atomic E-state index is 0. The fourth-order valence-corrected chi connectivity index (χ4v) is 6.24. The number of nitrogens with one attached hydrogen (secondary N) is 3. The van der Waals surface area contributed by atoms with E-state index in [9.17, 15) is 22.8 Å². The highest BCUT2D eigenvalue weighted by atomic mass is 35.5. The lowest BCUT2D eigenvalue weighted by molar-refractivity contribution is -0.141. The highest BCUT2D eigenvalue weighted by Crippen LogP contribution is 2.51. The van der Waals surface area contributed by atoms with E-state index < -0.39 is 24.0 Å². The third-order valence-corrected chi connectivity index (χ3v) is 8.16. The van der Waals surface area contributed by atoms with Crippen molar-refractivity contribution < 1.29 is 22.8 Å². The van der Waals surface area contributed by atoms with Crippen LogP contribution in [-0.4, -0.2) is 43.2 Å². The van der Waals surface area contributed by atoms with Crippen LogP contribution in [-0.2, 0) is 10.2 Å². The summed E-state index contributed by atoms with van der Waals surface area (Å²) in [6, 6.07) is 24.7. The number of carbonyl (C=O) groups excluding carboxylic acids is 2. The Labute approximate surface area is 244 Å². The molecule has 0 unspecified atom stereocenters. The fourth-order valence-electron chi connectivity index (χ4n) is 6.24. The zero-order valence-corrected chi connectivity index (χ0v) is 23.5. The Morgan fingerprint density at radius 1 is 0.780 bits per heavy atom. The van der Waals surface area contributed by atoms with E-state index in [0.717, 1.165) is 47.9 Å². The zero-order valence-electron chi connectivity index (χ0n) is 22.7. The highest BCUT2D eigenvalue weighted by Gasteiger charge is 2.49. The Bertz CT molecular complexity index is 1300. The molecule has 5 nitrogen and oxygen atoms in total. The van der Waals surface area contributed by atoms with E-state index in [4.69, 9.17) is 0 Å². The van der Waals surface area contributed by atoms with E-state index in [1.807, 2.05) is 66.7 Å². The Morgan fingerprint density at radius 3 is 1.90 bits per heavy atom. The summed E-state index contributed by atoms with van der Waals surface area (Å²) >= 11 is 0. The van der Waals surface area contributed by atoms with Crippen LogP contribution in [0.2, 0.25) is 0 Å². The van der Waals surface area contributed by atoms with Gasteiger partial charge >= 0.3 is 6.18 Å². The molecule has 41 heavy (non-hydrogen) atoms. The molecular formula is C32H35ClF3N3O2. The van der Waals surface area contributed by atoms with E-state index in [-0.39, 0.29) is 24.4 Å². The van der Waals surface area contributed by atoms with Gasteiger partial charge in [0.1, 0.15) is 12.0 Å². The molecule has 3 aromatic carbocycles. The molecule has 0 atom stereocenters. The molecule has 2 aliphatic rings. The summed E-state index contributed by atoms with van der Waals surface area (Å²) in [4.78, 5) is 26.1. The minimum atomic E-state index is -4.49. The van der Waals surface area contributed by atoms with Crippen LogP contribution in [0.5, 0.6) is 0 Å². The molecule has 1 saturated carbocycles. The monoisotopic (exact) mass is 585 g/mol. The Balaban J connectivity index is 0.00000387. The first-order valence-electron chi connectivity index (χ1n) is 13.9. The van der Waals surface area contributed by atoms with Gasteiger partial charge in [-0.25, -0.2) is 0 Å². The van der Waals surface area contributed by atoms with Crippen LogP contribution in [0.25, 0.3) is 11.1 Å². The van der Waals surface area contributed by atoms with Crippen LogP contribution in [0.1, 0.15) is 60.0 Å². The maximum Gasteiger partial charge on any atom is 0.405 e. The van der Waals surface area contributed by atoms with Gasteiger partial charge in [0.15, 0.2) is 0 Å². The molecule has 0 saturated heterocycles. The van der Waals surface area contributed by atoms with Gasteiger partial charge in [0.25, 0.3) is 5.91 Å². The van der Waals surface area contributed by atoms with Gasteiger partial charge in [-0.2, -0.15) is 13.2 Å². The summed E-state index contributed by atoms with van der Waals surface area (Å²) in [6.07, 6.45) is 0.106. The van der Waals surface area contributed by atoms with Crippen LogP contribution in [0.4, 0.5) is 13.2 Å². The van der Waals surface area contributed by atoms with Crippen molar-refractivity contribution in [1.82, 2.24) is 16.0 Å². The van der Waals surface area contributed by atoms with Crippen molar-refractivity contribution in [2.45, 2.75) is 62.2 Å². The average Bonchev–Trinajstić information content (AvgIpc) is 3.26. The van der Waals surface area contributed by atoms with E-state index in [1.165, 1.54) is 0 Å². The largest absolute Gasteiger partial charge is 0.405 e. The molecule has 0 aromatic heterocycles. The van der Waals surface area contributed by atoms with E-state index in [0.29, 0.717) is 31.0 Å². The lowest BCUT2D eigenvalue weighted by atomic mass is 9.73. The van der Waals surface area contributed by atoms with Crippen LogP contribution in [0, 0.1) is 0 Å². The van der Waals surface area contributed by atoms with Crippen LogP contribution < -0.4 is 16.0 Å². The molecule has 0 spiro atoms. The summed E-state index contributed by atoms with van der Waals surface area (Å²) in [5.41, 5.74) is 2.77. The second-order valence-corrected chi connectivity index (χ2v) is 10.7. The predicted octanol–water partition coefficient (Wildman–Crippen LogP) is 6.16. The number of hydrogen-bond acceptors (Lipinski definition) is 3. The number of rotatable bonds is 9. The van der Waals surface area contributed by atoms with Crippen molar-refractivity contribution in [2.24, 2.45) is 0 Å². The van der Waals surface area contributed by atoms with E-state index in [1.54, 1.807) is 12.1 Å². The highest BCUT2D eigenvalue weighted by molar-refractivity contribution is 6.00. The molecule has 0 heterocycles. The van der Waals surface area contributed by atoms with Crippen LogP contribution in [0.3, 0.4) is 0 Å². The van der Waals surface area contributed by atoms with Gasteiger partial charge in [0.05, 0.1) is 0 Å². The van der Waals surface area contributed by atoms with Crippen LogP contribution >= 0.6 is 12.4 Å². The molecule has 9 heteroatoms. The molecule has 0 bridgehead atoms. The molecular weight excluding hydrogens is 551 g/mol. The van der Waals surface area contributed by atoms with Gasteiger partial charge < -0.3 is 16.0 Å². The molecule has 3 aromatic rings. The summed E-state index contributed by atoms with van der Waals surface area (Å²) in [6.45, 7) is -0.718. The van der Waals surface area contributed by atoms with E-state index >= 15 is 0 Å². The number of halogens is 4. The molecule has 1 fully saturated rings. The third-order valence-electron chi connectivity index (χ3n) is 8.16. The molecule has 0 radical (unpaired) electrons. The smallest absolute Gasteiger partial charge is 0.349 e. The molecule has 0 aliphatic heterocycles. The van der Waals surface area contributed by atoms with Gasteiger partial charge in [-0.1, -0.05) is 66.7 Å². The fraction of sp³-hybridized carbons (Fsp3) is 0.375. The lowest BCUT2D eigenvalue weighted by Crippen LogP contribution is -2.47. The maximum atomic E-state index is 13.6. The summed E-state index contributed by atoms with van der Waals surface area (Å²) in [5, 5.41) is 8.91. The zero-order chi connectivity index (χ0) is 28.2. The summed E-state index contributed by atoms with van der Waals surface area (Å²) in [5.74, 6) is -0.667. The molecule has 218 valence electrons. The lowest BCUT2D eigenvalue weighted by Gasteiger charge is -2.32. The first-order valence-corrected chi connectivity index (χ1v) is 13.9. The average molecular weight is 586 g/mol. The first-order chi connectivity index (χ1) is 19.3. The summed E-state index contributed by atoms with van der Waals surface area (Å²) < 4.78 is 39.2. The van der Waals surface area contributed by atoms with Crippen molar-refractivity contribution in [3.63, 3.8) is 0 Å². The predicted molar refractivity (Wildman–Crippen MR) is 156 cm³/mol. The van der Waals surface area contributed by atoms with Gasteiger partial charge in [-0.15, -0.1) is 12.4 Å². The van der Waals surface area contributed by atoms with Crippen molar-refractivity contribution in [3.05, 3.63) is 95.6 Å². The second kappa shape index (κ2) is 13.1. The topological polar surface area (TPSA) is 70.2 Å². The van der Waals surface area contributed by atoms with Gasteiger partial charge in [-0.3, -0.25) is 9.59 Å². The van der Waals surface area contributed by atoms with Crippen LogP contribution in [0.15, 0.2) is 78.9 Å². The number of fused-ring (bicyclic) bond motifs is 3. The number of carbonyl (C=O) groups is 2. The number of benzene rings is 3. The van der Waals surface area contributed by atoms with Crippen molar-refractivity contribution in [2.75, 3.05) is 13.1 Å². The number of hydrogen-bond donors (Lipinski definition) is 3. The number of alkyl halides is 3. The third kappa shape index (κ3) is 6.76. The van der Waals surface area contributed by atoms with Crippen molar-refractivity contribution >= 4 is 24.2 Å². The second-order valence-electron chi connectivity index (χ2n) is 10.7. The van der Waals surface area contributed by atoms with Gasteiger partial charge in [-0.05, 0) is 79.5 Å². The standard InChI is InChI=1S/C32H34F3N3O2.ClH/c33-32(34,35)21-37-30(40)31(27-13-6-4-11-25(27)26-12-5-7-14-28(26)31)19-8-20-36-23-15-17-24(18-16-23)38-29(39)22-9-2-1-3-10-22;/h1-7,9-14,23-24,36H,8,15-21H2,(H,37,40)(H,38,39);1H. The summed E-state index contributed by atoms with van der Waals surface area (Å²) in [7, 11) is 0. The Kier molecular flexibility index (Phi) is 9.76. The maximum absolute atomic E-state index is 13.6. The van der Waals surface area contributed by atoms with Crippen molar-refractivity contribution in [3.8, 4) is 11.1 Å². The Hall–Kier alpha value is -3.36. The molecule has 2 aliphatic carbocycles. The van der Waals surface area contributed by atoms with E-state index in [2.05, 4.69) is 16.0 Å². The Morgan fingerprint density at radius 2 is 1.32 bits per heavy atom. The van der Waals surface area contributed by atoms with Gasteiger partial charge in [0.2, 0.25) is 5.91 Å². The van der Waals surface area contributed by atoms with Gasteiger partial charge in [0, 0.05) is 17.6 Å². The first kappa shape index (κ1) is 30.6. The molecule has 5 rings (SSSR count). The molecule has 2 amide bonds. The quantitative estimate of drug-likeness (QED) is 0.263. The van der Waals surface area contributed by atoms with Crippen molar-refractivity contribution in [1.29, 1.82) is 0 Å². The number of amides is 2. The molecule has 3 N–H and O–H groups in total.